The Kier molecular flexibility index (Phi) is 5.12. The fraction of sp³-hybridized carbons (Fsp3) is 0.462. The van der Waals surface area contributed by atoms with Gasteiger partial charge >= 0.3 is 0 Å². The summed E-state index contributed by atoms with van der Waals surface area (Å²) in [6.07, 6.45) is -1.16. The van der Waals surface area contributed by atoms with Gasteiger partial charge in [0.25, 0.3) is 0 Å². The molecule has 0 fully saturated rings. The van der Waals surface area contributed by atoms with Crippen LogP contribution in [0.15, 0.2) is 12.1 Å². The fourth-order valence-electron chi connectivity index (χ4n) is 1.87. The molecule has 100 valence electrons. The summed E-state index contributed by atoms with van der Waals surface area (Å²) in [5.41, 5.74) is 8.20. The SMILES string of the molecule is COc1c(C)cc(C)cc1CNC(=O)C(O)CN. The number of amides is 1. The number of aryl methyl sites for hydroxylation is 2. The number of ether oxygens (including phenoxy) is 1. The molecule has 5 heteroatoms. The van der Waals surface area contributed by atoms with Gasteiger partial charge < -0.3 is 20.9 Å². The molecule has 5 nitrogen and oxygen atoms in total. The Morgan fingerprint density at radius 1 is 1.50 bits per heavy atom. The molecule has 0 saturated carbocycles. The molecule has 1 aromatic rings. The standard InChI is InChI=1S/C13H20N2O3/c1-8-4-9(2)12(18-3)10(5-8)7-15-13(17)11(16)6-14/h4-5,11,16H,6-7,14H2,1-3H3,(H,15,17). The number of nitrogens with two attached hydrogens (primary N) is 1. The molecule has 0 radical (unpaired) electrons. The molecule has 0 spiro atoms. The van der Waals surface area contributed by atoms with Gasteiger partial charge in [0.1, 0.15) is 11.9 Å². The Morgan fingerprint density at radius 2 is 2.17 bits per heavy atom. The molecule has 1 amide bonds. The first-order valence-electron chi connectivity index (χ1n) is 5.79. The van der Waals surface area contributed by atoms with E-state index in [4.69, 9.17) is 10.5 Å². The van der Waals surface area contributed by atoms with Crippen LogP contribution in [0.4, 0.5) is 0 Å². The summed E-state index contributed by atoms with van der Waals surface area (Å²) in [5.74, 6) is 0.279. The van der Waals surface area contributed by atoms with E-state index < -0.39 is 12.0 Å². The number of benzene rings is 1. The van der Waals surface area contributed by atoms with Crippen LogP contribution in [0.25, 0.3) is 0 Å². The van der Waals surface area contributed by atoms with Crippen molar-refractivity contribution >= 4 is 5.91 Å². The minimum absolute atomic E-state index is 0.0875. The Morgan fingerprint density at radius 3 is 2.72 bits per heavy atom. The van der Waals surface area contributed by atoms with Crippen LogP contribution in [-0.2, 0) is 11.3 Å². The fourth-order valence-corrected chi connectivity index (χ4v) is 1.87. The Labute approximate surface area is 107 Å². The average molecular weight is 252 g/mol. The van der Waals surface area contributed by atoms with E-state index in [9.17, 15) is 9.90 Å². The number of hydrogen-bond acceptors (Lipinski definition) is 4. The number of rotatable bonds is 5. The zero-order valence-electron chi connectivity index (χ0n) is 11.0. The molecule has 1 aromatic carbocycles. The maximum Gasteiger partial charge on any atom is 0.250 e. The van der Waals surface area contributed by atoms with E-state index in [1.54, 1.807) is 7.11 Å². The predicted octanol–water partition coefficient (Wildman–Crippen LogP) is 0.248. The zero-order chi connectivity index (χ0) is 13.7. The van der Waals surface area contributed by atoms with Crippen molar-refractivity contribution in [1.82, 2.24) is 5.32 Å². The third kappa shape index (κ3) is 3.45. The molecule has 0 heterocycles. The van der Waals surface area contributed by atoms with Crippen molar-refractivity contribution < 1.29 is 14.6 Å². The first kappa shape index (κ1) is 14.5. The van der Waals surface area contributed by atoms with Crippen LogP contribution >= 0.6 is 0 Å². The maximum absolute atomic E-state index is 11.4. The van der Waals surface area contributed by atoms with Crippen molar-refractivity contribution in [2.45, 2.75) is 26.5 Å². The van der Waals surface area contributed by atoms with Gasteiger partial charge in [-0.05, 0) is 19.4 Å². The van der Waals surface area contributed by atoms with E-state index in [0.717, 1.165) is 22.4 Å². The monoisotopic (exact) mass is 252 g/mol. The summed E-state index contributed by atoms with van der Waals surface area (Å²) < 4.78 is 5.31. The van der Waals surface area contributed by atoms with Gasteiger partial charge in [0.2, 0.25) is 5.91 Å². The highest BCUT2D eigenvalue weighted by atomic mass is 16.5. The Balaban J connectivity index is 2.81. The van der Waals surface area contributed by atoms with Crippen molar-refractivity contribution in [3.8, 4) is 5.75 Å². The minimum atomic E-state index is -1.16. The van der Waals surface area contributed by atoms with Crippen molar-refractivity contribution in [1.29, 1.82) is 0 Å². The molecule has 0 aliphatic carbocycles. The van der Waals surface area contributed by atoms with E-state index in [1.807, 2.05) is 26.0 Å². The molecule has 0 aliphatic rings. The lowest BCUT2D eigenvalue weighted by atomic mass is 10.1. The first-order chi connectivity index (χ1) is 8.49. The number of methoxy groups -OCH3 is 1. The second-order valence-electron chi connectivity index (χ2n) is 4.24. The quantitative estimate of drug-likeness (QED) is 0.701. The molecule has 0 saturated heterocycles. The van der Waals surface area contributed by atoms with Gasteiger partial charge in [-0.2, -0.15) is 0 Å². The van der Waals surface area contributed by atoms with Crippen molar-refractivity contribution in [3.63, 3.8) is 0 Å². The van der Waals surface area contributed by atoms with E-state index in [-0.39, 0.29) is 6.54 Å². The molecule has 1 atom stereocenters. The van der Waals surface area contributed by atoms with E-state index >= 15 is 0 Å². The van der Waals surface area contributed by atoms with Crippen molar-refractivity contribution in [3.05, 3.63) is 28.8 Å². The van der Waals surface area contributed by atoms with Crippen LogP contribution in [0.2, 0.25) is 0 Å². The lowest BCUT2D eigenvalue weighted by molar-refractivity contribution is -0.128. The zero-order valence-corrected chi connectivity index (χ0v) is 11.0. The first-order valence-corrected chi connectivity index (χ1v) is 5.79. The highest BCUT2D eigenvalue weighted by Gasteiger charge is 2.14. The molecule has 0 aromatic heterocycles. The smallest absolute Gasteiger partial charge is 0.250 e. The number of hydrogen-bond donors (Lipinski definition) is 3. The summed E-state index contributed by atoms with van der Waals surface area (Å²) >= 11 is 0. The predicted molar refractivity (Wildman–Crippen MR) is 69.4 cm³/mol. The highest BCUT2D eigenvalue weighted by molar-refractivity contribution is 5.80. The molecular weight excluding hydrogens is 232 g/mol. The summed E-state index contributed by atoms with van der Waals surface area (Å²) in [6.45, 7) is 4.15. The molecule has 0 bridgehead atoms. The number of aliphatic hydroxyl groups excluding tert-OH is 1. The van der Waals surface area contributed by atoms with Crippen LogP contribution in [0, 0.1) is 13.8 Å². The van der Waals surface area contributed by atoms with Gasteiger partial charge in [-0.25, -0.2) is 0 Å². The Bertz CT molecular complexity index is 432. The van der Waals surface area contributed by atoms with Crippen LogP contribution in [0.5, 0.6) is 5.75 Å². The molecule has 18 heavy (non-hydrogen) atoms. The van der Waals surface area contributed by atoms with Crippen LogP contribution < -0.4 is 15.8 Å². The van der Waals surface area contributed by atoms with Gasteiger partial charge in [0, 0.05) is 18.7 Å². The summed E-state index contributed by atoms with van der Waals surface area (Å²) in [5, 5.41) is 11.9. The number of aliphatic hydroxyl groups is 1. The second-order valence-corrected chi connectivity index (χ2v) is 4.24. The molecule has 1 unspecified atom stereocenters. The number of carbonyl (C=O) groups is 1. The third-order valence-electron chi connectivity index (χ3n) is 2.68. The van der Waals surface area contributed by atoms with Crippen LogP contribution in [0.1, 0.15) is 16.7 Å². The van der Waals surface area contributed by atoms with Gasteiger partial charge in [-0.3, -0.25) is 4.79 Å². The van der Waals surface area contributed by atoms with Gasteiger partial charge in [-0.15, -0.1) is 0 Å². The highest BCUT2D eigenvalue weighted by Crippen LogP contribution is 2.24. The normalized spacial score (nSPS) is 12.1. The van der Waals surface area contributed by atoms with E-state index in [0.29, 0.717) is 6.54 Å². The average Bonchev–Trinajstić information content (AvgIpc) is 2.34. The van der Waals surface area contributed by atoms with Crippen LogP contribution in [-0.4, -0.2) is 30.8 Å². The maximum atomic E-state index is 11.4. The molecule has 4 N–H and O–H groups in total. The lowest BCUT2D eigenvalue weighted by Gasteiger charge is -2.14. The van der Waals surface area contributed by atoms with Crippen LogP contribution in [0.3, 0.4) is 0 Å². The number of carbonyl (C=O) groups excluding carboxylic acids is 1. The van der Waals surface area contributed by atoms with E-state index in [1.165, 1.54) is 0 Å². The lowest BCUT2D eigenvalue weighted by Crippen LogP contribution is -2.38. The topological polar surface area (TPSA) is 84.6 Å². The van der Waals surface area contributed by atoms with Crippen molar-refractivity contribution in [2.24, 2.45) is 5.73 Å². The summed E-state index contributed by atoms with van der Waals surface area (Å²) in [7, 11) is 1.59. The minimum Gasteiger partial charge on any atom is -0.496 e. The summed E-state index contributed by atoms with van der Waals surface area (Å²) in [6, 6.07) is 3.96. The second kappa shape index (κ2) is 6.37. The third-order valence-corrected chi connectivity index (χ3v) is 2.68. The van der Waals surface area contributed by atoms with Crippen molar-refractivity contribution in [2.75, 3.05) is 13.7 Å². The molecular formula is C13H20N2O3. The van der Waals surface area contributed by atoms with Gasteiger partial charge in [-0.1, -0.05) is 17.7 Å². The van der Waals surface area contributed by atoms with Gasteiger partial charge in [0.15, 0.2) is 0 Å². The molecule has 0 aliphatic heterocycles. The summed E-state index contributed by atoms with van der Waals surface area (Å²) in [4.78, 5) is 11.4. The number of nitrogens with one attached hydrogen (secondary N) is 1. The van der Waals surface area contributed by atoms with Gasteiger partial charge in [0.05, 0.1) is 7.11 Å². The largest absolute Gasteiger partial charge is 0.496 e. The molecule has 1 rings (SSSR count). The van der Waals surface area contributed by atoms with E-state index in [2.05, 4.69) is 5.32 Å². The Hall–Kier alpha value is -1.59.